The molecule has 1 aromatic rings. The van der Waals surface area contributed by atoms with Crippen molar-refractivity contribution in [3.8, 4) is 0 Å². The first-order valence-corrected chi connectivity index (χ1v) is 8.72. The third-order valence-electron chi connectivity index (χ3n) is 3.67. The molecule has 1 aliphatic heterocycles. The van der Waals surface area contributed by atoms with Gasteiger partial charge in [0.05, 0.1) is 10.8 Å². The average molecular weight is 384 g/mol. The van der Waals surface area contributed by atoms with Gasteiger partial charge in [0.2, 0.25) is 15.9 Å². The summed E-state index contributed by atoms with van der Waals surface area (Å²) in [4.78, 5) is 11.5. The number of amides is 1. The lowest BCUT2D eigenvalue weighted by Gasteiger charge is -2.31. The Morgan fingerprint density at radius 1 is 1.29 bits per heavy atom. The van der Waals surface area contributed by atoms with E-state index in [4.69, 9.17) is 5.73 Å². The van der Waals surface area contributed by atoms with E-state index < -0.39 is 32.5 Å². The Bertz CT molecular complexity index is 668. The van der Waals surface area contributed by atoms with Gasteiger partial charge < -0.3 is 11.1 Å². The zero-order chi connectivity index (χ0) is 17.0. The molecule has 0 aliphatic carbocycles. The molecule has 3 N–H and O–H groups in total. The van der Waals surface area contributed by atoms with Crippen molar-refractivity contribution >= 4 is 28.3 Å². The Labute approximate surface area is 145 Å². The molecule has 2 rings (SSSR count). The normalized spacial score (nSPS) is 18.7. The van der Waals surface area contributed by atoms with E-state index >= 15 is 0 Å². The van der Waals surface area contributed by atoms with Crippen molar-refractivity contribution in [2.75, 3.05) is 26.2 Å². The number of hydrogen-bond acceptors (Lipinski definition) is 4. The van der Waals surface area contributed by atoms with Crippen LogP contribution in [0.1, 0.15) is 12.8 Å². The van der Waals surface area contributed by atoms with Crippen LogP contribution in [0.3, 0.4) is 0 Å². The van der Waals surface area contributed by atoms with Crippen LogP contribution >= 0.6 is 12.4 Å². The number of nitrogens with one attached hydrogen (secondary N) is 1. The SMILES string of the molecule is Cl.NCCNC(=O)C1CCCN(S(=O)(=O)c2cc(F)cc(F)c2)C1. The molecule has 1 fully saturated rings. The molecule has 1 saturated heterocycles. The van der Waals surface area contributed by atoms with Crippen LogP contribution in [0.15, 0.2) is 23.1 Å². The molecule has 1 atom stereocenters. The number of benzene rings is 1. The molecule has 0 aromatic heterocycles. The number of rotatable bonds is 5. The smallest absolute Gasteiger partial charge is 0.243 e. The zero-order valence-electron chi connectivity index (χ0n) is 12.9. The molecule has 1 aromatic carbocycles. The second kappa shape index (κ2) is 8.70. The minimum absolute atomic E-state index is 0. The van der Waals surface area contributed by atoms with Gasteiger partial charge in [-0.2, -0.15) is 4.31 Å². The van der Waals surface area contributed by atoms with Gasteiger partial charge >= 0.3 is 0 Å². The fraction of sp³-hybridized carbons (Fsp3) is 0.500. The highest BCUT2D eigenvalue weighted by Gasteiger charge is 2.33. The topological polar surface area (TPSA) is 92.5 Å². The molecule has 1 amide bonds. The van der Waals surface area contributed by atoms with E-state index in [9.17, 15) is 22.0 Å². The first kappa shape index (κ1) is 20.8. The minimum atomic E-state index is -4.05. The zero-order valence-corrected chi connectivity index (χ0v) is 14.5. The summed E-state index contributed by atoms with van der Waals surface area (Å²) < 4.78 is 52.7. The summed E-state index contributed by atoms with van der Waals surface area (Å²) in [5, 5.41) is 2.63. The van der Waals surface area contributed by atoms with Gasteiger partial charge in [0, 0.05) is 32.2 Å². The van der Waals surface area contributed by atoms with E-state index in [0.29, 0.717) is 32.0 Å². The van der Waals surface area contributed by atoms with Gasteiger partial charge in [0.15, 0.2) is 0 Å². The summed E-state index contributed by atoms with van der Waals surface area (Å²) in [5.74, 6) is -2.68. The van der Waals surface area contributed by atoms with Crippen molar-refractivity contribution in [1.82, 2.24) is 9.62 Å². The van der Waals surface area contributed by atoms with Crippen molar-refractivity contribution in [2.24, 2.45) is 11.7 Å². The second-order valence-electron chi connectivity index (χ2n) is 5.39. The number of halogens is 3. The van der Waals surface area contributed by atoms with Crippen LogP contribution in [0, 0.1) is 17.6 Å². The van der Waals surface area contributed by atoms with E-state index in [1.165, 1.54) is 0 Å². The first-order chi connectivity index (χ1) is 10.8. The quantitative estimate of drug-likeness (QED) is 0.788. The Morgan fingerprint density at radius 2 is 1.92 bits per heavy atom. The maximum absolute atomic E-state index is 13.3. The van der Waals surface area contributed by atoms with Gasteiger partial charge in [0.25, 0.3) is 0 Å². The van der Waals surface area contributed by atoms with Crippen molar-refractivity contribution in [3.05, 3.63) is 29.8 Å². The predicted molar refractivity (Wildman–Crippen MR) is 87.2 cm³/mol. The summed E-state index contributed by atoms with van der Waals surface area (Å²) in [6.07, 6.45) is 1.05. The summed E-state index contributed by atoms with van der Waals surface area (Å²) in [7, 11) is -4.05. The van der Waals surface area contributed by atoms with E-state index in [1.54, 1.807) is 0 Å². The van der Waals surface area contributed by atoms with Crippen molar-refractivity contribution in [3.63, 3.8) is 0 Å². The predicted octanol–water partition coefficient (Wildman–Crippen LogP) is 0.862. The average Bonchev–Trinajstić information content (AvgIpc) is 2.51. The van der Waals surface area contributed by atoms with Gasteiger partial charge in [-0.05, 0) is 25.0 Å². The molecule has 0 saturated carbocycles. The van der Waals surface area contributed by atoms with E-state index in [2.05, 4.69) is 5.32 Å². The van der Waals surface area contributed by atoms with Gasteiger partial charge in [-0.1, -0.05) is 0 Å². The maximum atomic E-state index is 13.3. The lowest BCUT2D eigenvalue weighted by atomic mass is 9.99. The molecule has 0 spiro atoms. The molecule has 6 nitrogen and oxygen atoms in total. The largest absolute Gasteiger partial charge is 0.355 e. The fourth-order valence-electron chi connectivity index (χ4n) is 2.54. The minimum Gasteiger partial charge on any atom is -0.355 e. The van der Waals surface area contributed by atoms with Gasteiger partial charge in [0.1, 0.15) is 11.6 Å². The third kappa shape index (κ3) is 4.85. The van der Waals surface area contributed by atoms with Crippen LogP contribution in [0.5, 0.6) is 0 Å². The maximum Gasteiger partial charge on any atom is 0.243 e. The van der Waals surface area contributed by atoms with Crippen LogP contribution in [0.25, 0.3) is 0 Å². The van der Waals surface area contributed by atoms with Crippen LogP contribution in [-0.4, -0.2) is 44.8 Å². The third-order valence-corrected chi connectivity index (χ3v) is 5.52. The Kier molecular flexibility index (Phi) is 7.53. The van der Waals surface area contributed by atoms with Crippen LogP contribution in [-0.2, 0) is 14.8 Å². The number of carbonyl (C=O) groups excluding carboxylic acids is 1. The van der Waals surface area contributed by atoms with Crippen LogP contribution < -0.4 is 11.1 Å². The molecule has 136 valence electrons. The number of nitrogens with two attached hydrogens (primary N) is 1. The van der Waals surface area contributed by atoms with E-state index in [1.807, 2.05) is 0 Å². The number of sulfonamides is 1. The molecule has 1 heterocycles. The van der Waals surface area contributed by atoms with E-state index in [0.717, 1.165) is 16.4 Å². The standard InChI is InChI=1S/C14H19F2N3O3S.ClH/c15-11-6-12(16)8-13(7-11)23(21,22)19-5-1-2-10(9-19)14(20)18-4-3-17;/h6-8,10H,1-5,9,17H2,(H,18,20);1H. The van der Waals surface area contributed by atoms with Crippen molar-refractivity contribution < 1.29 is 22.0 Å². The lowest BCUT2D eigenvalue weighted by Crippen LogP contribution is -2.46. The Balaban J connectivity index is 0.00000288. The molecule has 1 aliphatic rings. The first-order valence-electron chi connectivity index (χ1n) is 7.28. The summed E-state index contributed by atoms with van der Waals surface area (Å²) in [5.41, 5.74) is 5.32. The van der Waals surface area contributed by atoms with Gasteiger partial charge in [-0.25, -0.2) is 17.2 Å². The van der Waals surface area contributed by atoms with Crippen LogP contribution in [0.4, 0.5) is 8.78 Å². The molecule has 0 radical (unpaired) electrons. The lowest BCUT2D eigenvalue weighted by molar-refractivity contribution is -0.126. The summed E-state index contributed by atoms with van der Waals surface area (Å²) >= 11 is 0. The number of nitrogens with zero attached hydrogens (tertiary/aromatic N) is 1. The summed E-state index contributed by atoms with van der Waals surface area (Å²) in [6.45, 7) is 0.804. The molecular formula is C14H20ClF2N3O3S. The van der Waals surface area contributed by atoms with Crippen LogP contribution in [0.2, 0.25) is 0 Å². The molecule has 10 heteroatoms. The second-order valence-corrected chi connectivity index (χ2v) is 7.32. The molecule has 1 unspecified atom stereocenters. The van der Waals surface area contributed by atoms with Crippen molar-refractivity contribution in [1.29, 1.82) is 0 Å². The molecule has 0 bridgehead atoms. The highest BCUT2D eigenvalue weighted by molar-refractivity contribution is 7.89. The highest BCUT2D eigenvalue weighted by Crippen LogP contribution is 2.25. The number of carbonyl (C=O) groups is 1. The fourth-order valence-corrected chi connectivity index (χ4v) is 4.11. The molecular weight excluding hydrogens is 364 g/mol. The number of piperidine rings is 1. The monoisotopic (exact) mass is 383 g/mol. The van der Waals surface area contributed by atoms with Gasteiger partial charge in [-0.3, -0.25) is 4.79 Å². The number of hydrogen-bond donors (Lipinski definition) is 2. The Hall–Kier alpha value is -1.29. The van der Waals surface area contributed by atoms with Crippen molar-refractivity contribution in [2.45, 2.75) is 17.7 Å². The summed E-state index contributed by atoms with van der Waals surface area (Å²) in [6, 6.07) is 2.16. The highest BCUT2D eigenvalue weighted by atomic mass is 35.5. The van der Waals surface area contributed by atoms with E-state index in [-0.39, 0.29) is 31.4 Å². The van der Waals surface area contributed by atoms with Gasteiger partial charge in [-0.15, -0.1) is 12.4 Å². The molecule has 24 heavy (non-hydrogen) atoms. The Morgan fingerprint density at radius 3 is 2.50 bits per heavy atom.